The Balaban J connectivity index is 1.75. The van der Waals surface area contributed by atoms with E-state index in [1.54, 1.807) is 11.1 Å². The van der Waals surface area contributed by atoms with Crippen LogP contribution in [-0.4, -0.2) is 24.7 Å². The second-order valence-corrected chi connectivity index (χ2v) is 4.72. The highest BCUT2D eigenvalue weighted by Gasteiger charge is 2.16. The van der Waals surface area contributed by atoms with Crippen molar-refractivity contribution in [1.82, 2.24) is 10.2 Å². The molecule has 1 heterocycles. The number of nitrogens with zero attached hydrogens (tertiary/aromatic N) is 1. The van der Waals surface area contributed by atoms with Crippen LogP contribution in [0.1, 0.15) is 39.0 Å². The first kappa shape index (κ1) is 11.7. The van der Waals surface area contributed by atoms with Gasteiger partial charge >= 0.3 is 0 Å². The predicted octanol–water partition coefficient (Wildman–Crippen LogP) is 2.85. The average Bonchev–Trinajstić information content (AvgIpc) is 2.34. The number of hydrogen-bond donors (Lipinski definition) is 1. The van der Waals surface area contributed by atoms with Crippen LogP contribution in [0.2, 0.25) is 0 Å². The Hall–Kier alpha value is -0.760. The number of unbranched alkanes of at least 4 members (excludes halogenated alkanes) is 1. The Kier molecular flexibility index (Phi) is 4.46. The average molecular weight is 219 g/mol. The summed E-state index contributed by atoms with van der Waals surface area (Å²) in [5, 5.41) is 3.49. The third kappa shape index (κ3) is 3.11. The fourth-order valence-electron chi connectivity index (χ4n) is 2.32. The number of allylic oxidation sites excluding steroid dienone is 2. The van der Waals surface area contributed by atoms with E-state index in [1.165, 1.54) is 32.1 Å². The lowest BCUT2D eigenvalue weighted by Crippen LogP contribution is -2.34. The van der Waals surface area contributed by atoms with E-state index in [0.29, 0.717) is 0 Å². The van der Waals surface area contributed by atoms with Gasteiger partial charge in [-0.2, -0.15) is 0 Å². The zero-order valence-corrected chi connectivity index (χ0v) is 10.3. The lowest BCUT2D eigenvalue weighted by Gasteiger charge is -2.30. The van der Waals surface area contributed by atoms with Gasteiger partial charge in [-0.1, -0.05) is 13.3 Å². The summed E-state index contributed by atoms with van der Waals surface area (Å²) < 4.78 is 0. The molecule has 0 amide bonds. The first-order valence-electron chi connectivity index (χ1n) is 6.58. The van der Waals surface area contributed by atoms with Crippen LogP contribution in [-0.2, 0) is 0 Å². The molecule has 0 unspecified atom stereocenters. The van der Waals surface area contributed by atoms with Gasteiger partial charge in [0.1, 0.15) is 0 Å². The molecule has 0 saturated carbocycles. The van der Waals surface area contributed by atoms with E-state index in [-0.39, 0.29) is 0 Å². The maximum atomic E-state index is 3.49. The molecule has 1 radical (unpaired) electrons. The molecule has 1 aliphatic heterocycles. The predicted molar refractivity (Wildman–Crippen MR) is 68.8 cm³/mol. The van der Waals surface area contributed by atoms with Crippen LogP contribution in [0.5, 0.6) is 0 Å². The van der Waals surface area contributed by atoms with Crippen molar-refractivity contribution in [2.75, 3.05) is 19.8 Å². The number of rotatable bonds is 5. The molecular weight excluding hydrogens is 196 g/mol. The first-order valence-corrected chi connectivity index (χ1v) is 6.58. The molecule has 2 aliphatic rings. The third-order valence-electron chi connectivity index (χ3n) is 3.34. The van der Waals surface area contributed by atoms with Crippen molar-refractivity contribution in [3.8, 4) is 0 Å². The number of hydrogen-bond acceptors (Lipinski definition) is 2. The minimum atomic E-state index is 0.987. The van der Waals surface area contributed by atoms with E-state index in [1.807, 2.05) is 0 Å². The van der Waals surface area contributed by atoms with E-state index in [0.717, 1.165) is 19.8 Å². The van der Waals surface area contributed by atoms with E-state index in [2.05, 4.69) is 35.8 Å². The summed E-state index contributed by atoms with van der Waals surface area (Å²) in [4.78, 5) is 2.37. The molecule has 0 aromatic carbocycles. The molecule has 0 spiro atoms. The van der Waals surface area contributed by atoms with Crippen LogP contribution in [0.3, 0.4) is 0 Å². The monoisotopic (exact) mass is 219 g/mol. The second-order valence-electron chi connectivity index (χ2n) is 4.72. The summed E-state index contributed by atoms with van der Waals surface area (Å²) in [6, 6.07) is 0. The van der Waals surface area contributed by atoms with E-state index >= 15 is 0 Å². The van der Waals surface area contributed by atoms with Gasteiger partial charge in [0.05, 0.1) is 6.67 Å². The summed E-state index contributed by atoms with van der Waals surface area (Å²) in [7, 11) is 0. The topological polar surface area (TPSA) is 15.3 Å². The summed E-state index contributed by atoms with van der Waals surface area (Å²) in [6.45, 7) is 5.46. The molecule has 1 aliphatic carbocycles. The lowest BCUT2D eigenvalue weighted by atomic mass is 9.90. The standard InChI is InChI=1S/C14H23N2/c1-2-3-9-15-12-16-10-8-13-6-4-5-7-14(13)11-16/h7-8,10,15H,2-6,9,11-12H2,1H3. The molecule has 2 heteroatoms. The Labute approximate surface area is 99.4 Å². The smallest absolute Gasteiger partial charge is 0.0680 e. The van der Waals surface area contributed by atoms with Gasteiger partial charge in [0.25, 0.3) is 0 Å². The van der Waals surface area contributed by atoms with Crippen LogP contribution < -0.4 is 5.32 Å². The van der Waals surface area contributed by atoms with Crippen LogP contribution in [0, 0.1) is 6.42 Å². The van der Waals surface area contributed by atoms with Crippen molar-refractivity contribution < 1.29 is 0 Å². The van der Waals surface area contributed by atoms with Crippen molar-refractivity contribution in [2.24, 2.45) is 0 Å². The largest absolute Gasteiger partial charge is 0.361 e. The highest BCUT2D eigenvalue weighted by Crippen LogP contribution is 2.28. The quantitative estimate of drug-likeness (QED) is 0.715. The maximum absolute atomic E-state index is 3.49. The van der Waals surface area contributed by atoms with Gasteiger partial charge in [0.15, 0.2) is 0 Å². The van der Waals surface area contributed by atoms with Crippen LogP contribution in [0.25, 0.3) is 0 Å². The van der Waals surface area contributed by atoms with Gasteiger partial charge in [0, 0.05) is 12.7 Å². The van der Waals surface area contributed by atoms with Gasteiger partial charge in [0.2, 0.25) is 0 Å². The molecule has 2 nitrogen and oxygen atoms in total. The molecule has 0 fully saturated rings. The molecule has 0 aromatic rings. The van der Waals surface area contributed by atoms with Gasteiger partial charge in [-0.25, -0.2) is 0 Å². The van der Waals surface area contributed by atoms with Crippen molar-refractivity contribution in [3.05, 3.63) is 29.8 Å². The lowest BCUT2D eigenvalue weighted by molar-refractivity contribution is 0.359. The highest BCUT2D eigenvalue weighted by atomic mass is 15.2. The minimum Gasteiger partial charge on any atom is -0.361 e. The molecule has 0 saturated heterocycles. The summed E-state index contributed by atoms with van der Waals surface area (Å²) in [5.41, 5.74) is 3.13. The molecular formula is C14H23N2. The third-order valence-corrected chi connectivity index (χ3v) is 3.34. The zero-order valence-electron chi connectivity index (χ0n) is 10.3. The molecule has 0 aromatic heterocycles. The highest BCUT2D eigenvalue weighted by molar-refractivity contribution is 5.36. The van der Waals surface area contributed by atoms with Crippen molar-refractivity contribution in [1.29, 1.82) is 0 Å². The molecule has 0 bridgehead atoms. The van der Waals surface area contributed by atoms with Crippen molar-refractivity contribution >= 4 is 0 Å². The van der Waals surface area contributed by atoms with Crippen LogP contribution >= 0.6 is 0 Å². The van der Waals surface area contributed by atoms with E-state index in [9.17, 15) is 0 Å². The van der Waals surface area contributed by atoms with Gasteiger partial charge in [-0.05, 0) is 55.9 Å². The first-order chi connectivity index (χ1) is 7.90. The van der Waals surface area contributed by atoms with Crippen LogP contribution in [0.4, 0.5) is 0 Å². The second kappa shape index (κ2) is 6.09. The summed E-state index contributed by atoms with van der Waals surface area (Å²) >= 11 is 0. The van der Waals surface area contributed by atoms with Gasteiger partial charge < -0.3 is 4.90 Å². The van der Waals surface area contributed by atoms with E-state index < -0.39 is 0 Å². The Bertz CT molecular complexity index is 278. The summed E-state index contributed by atoms with van der Waals surface area (Å²) in [5.74, 6) is 0. The van der Waals surface area contributed by atoms with Gasteiger partial charge in [-0.3, -0.25) is 5.32 Å². The fraction of sp³-hybridized carbons (Fsp3) is 0.643. The minimum absolute atomic E-state index is 0.987. The molecule has 2 rings (SSSR count). The Morgan fingerprint density at radius 1 is 1.38 bits per heavy atom. The van der Waals surface area contributed by atoms with Crippen LogP contribution in [0.15, 0.2) is 23.4 Å². The van der Waals surface area contributed by atoms with E-state index in [4.69, 9.17) is 0 Å². The Morgan fingerprint density at radius 2 is 2.31 bits per heavy atom. The van der Waals surface area contributed by atoms with Crippen molar-refractivity contribution in [2.45, 2.75) is 39.0 Å². The molecule has 0 atom stereocenters. The SMILES string of the molecule is CCCCNCN1C=CC2=C([CH]CCC2)C1. The fourth-order valence-corrected chi connectivity index (χ4v) is 2.32. The molecule has 89 valence electrons. The zero-order chi connectivity index (χ0) is 11.2. The number of nitrogens with one attached hydrogen (secondary N) is 1. The molecule has 16 heavy (non-hydrogen) atoms. The maximum Gasteiger partial charge on any atom is 0.0680 e. The summed E-state index contributed by atoms with van der Waals surface area (Å²) in [6.07, 6.45) is 13.4. The van der Waals surface area contributed by atoms with Gasteiger partial charge in [-0.15, -0.1) is 0 Å². The normalized spacial score (nSPS) is 20.2. The Morgan fingerprint density at radius 3 is 3.19 bits per heavy atom. The van der Waals surface area contributed by atoms with Crippen molar-refractivity contribution in [3.63, 3.8) is 0 Å². The molecule has 1 N–H and O–H groups in total.